The van der Waals surface area contributed by atoms with Gasteiger partial charge in [-0.3, -0.25) is 0 Å². The normalized spacial score (nSPS) is 23.5. The lowest BCUT2D eigenvalue weighted by molar-refractivity contribution is -0.0521. The molecule has 0 nitrogen and oxygen atoms in total. The third-order valence-electron chi connectivity index (χ3n) is 33.6. The van der Waals surface area contributed by atoms with Crippen molar-refractivity contribution in [3.05, 3.63) is 141 Å². The molecule has 92 heavy (non-hydrogen) atoms. The fourth-order valence-electron chi connectivity index (χ4n) is 29.2. The molecule has 0 heterocycles. The Morgan fingerprint density at radius 1 is 0.207 bits per heavy atom. The van der Waals surface area contributed by atoms with Gasteiger partial charge in [0.15, 0.2) is 0 Å². The third-order valence-corrected chi connectivity index (χ3v) is 33.6. The second-order valence-electron chi connectivity index (χ2n) is 33.4. The van der Waals surface area contributed by atoms with E-state index >= 15 is 0 Å². The molecule has 0 heteroatoms. The van der Waals surface area contributed by atoms with E-state index in [4.69, 9.17) is 0 Å². The molecular formula is C92H124. The molecule has 4 fully saturated rings. The molecule has 0 N–H and O–H groups in total. The van der Waals surface area contributed by atoms with E-state index in [1.54, 1.807) is 89.0 Å². The molecule has 4 saturated carbocycles. The number of aryl methyl sites for hydroxylation is 2. The molecule has 0 bridgehead atoms. The van der Waals surface area contributed by atoms with Gasteiger partial charge in [-0.1, -0.05) is 184 Å². The Kier molecular flexibility index (Phi) is 15.6. The zero-order valence-corrected chi connectivity index (χ0v) is 61.9. The highest BCUT2D eigenvalue weighted by Gasteiger charge is 2.73. The van der Waals surface area contributed by atoms with Crippen LogP contribution in [-0.2, 0) is 21.7 Å². The van der Waals surface area contributed by atoms with E-state index in [1.165, 1.54) is 202 Å². The summed E-state index contributed by atoms with van der Waals surface area (Å²) in [5.74, 6) is 0. The minimum Gasteiger partial charge on any atom is -0.0648 e. The molecule has 0 saturated heterocycles. The maximum absolute atomic E-state index is 3.01. The van der Waals surface area contributed by atoms with Crippen LogP contribution in [0.3, 0.4) is 0 Å². The second-order valence-corrected chi connectivity index (χ2v) is 33.4. The lowest BCUT2D eigenvalue weighted by atomic mass is 9.38. The molecule has 4 spiro atoms. The van der Waals surface area contributed by atoms with Crippen LogP contribution in [0.2, 0.25) is 0 Å². The van der Waals surface area contributed by atoms with Gasteiger partial charge in [-0.05, 0) is 360 Å². The van der Waals surface area contributed by atoms with Crippen LogP contribution >= 0.6 is 0 Å². The standard InChI is InChI=1S/C92H124/c1-19-81(20-2)43-35-44-82(21-3,22-4)89(81)73-51-61(17)39-41-65(73)69-57-79-71(59-77(69)89)67-53-63-56-76-68(54-64(63)55-75(67)91(79)85(27-9,28-10)47-37-48-86(91,29-11)30-12)72-60-78-70(58-80(72)92(76)87(31-13,32-14)49-38-50-88(92,33-15)34-16)66-42-40-62(18)52-74(66)90(78)83(23-5,24-6)45-36-46-84(90,25-7)26-8/h39-42,51-60H,19-38,43-50H2,1-18H3. The topological polar surface area (TPSA) is 0 Å². The van der Waals surface area contributed by atoms with Crippen molar-refractivity contribution < 1.29 is 0 Å². The van der Waals surface area contributed by atoms with Crippen LogP contribution in [-0.4, -0.2) is 0 Å². The third kappa shape index (κ3) is 6.91. The molecule has 0 unspecified atom stereocenters. The summed E-state index contributed by atoms with van der Waals surface area (Å²) in [5.41, 5.74) is 30.0. The van der Waals surface area contributed by atoms with Crippen molar-refractivity contribution in [3.63, 3.8) is 0 Å². The maximum atomic E-state index is 3.01. The summed E-state index contributed by atoms with van der Waals surface area (Å²) >= 11 is 0. The minimum absolute atomic E-state index is 0.0690. The van der Waals surface area contributed by atoms with Crippen LogP contribution in [0.25, 0.3) is 55.3 Å². The molecule has 0 amide bonds. The Hall–Kier alpha value is -4.42. The van der Waals surface area contributed by atoms with Gasteiger partial charge >= 0.3 is 0 Å². The van der Waals surface area contributed by atoms with Crippen LogP contribution in [0.4, 0.5) is 0 Å². The van der Waals surface area contributed by atoms with E-state index in [0.29, 0.717) is 0 Å². The summed E-state index contributed by atoms with van der Waals surface area (Å²) < 4.78 is 0. The summed E-state index contributed by atoms with van der Waals surface area (Å²) in [6, 6.07) is 39.5. The van der Waals surface area contributed by atoms with E-state index in [-0.39, 0.29) is 65.0 Å². The van der Waals surface area contributed by atoms with Crippen LogP contribution < -0.4 is 0 Å². The molecule has 492 valence electrons. The smallest absolute Gasteiger partial charge is 0.0327 e. The summed E-state index contributed by atoms with van der Waals surface area (Å²) in [6.07, 6.45) is 35.2. The summed E-state index contributed by atoms with van der Waals surface area (Å²) in [7, 11) is 0. The second kappa shape index (κ2) is 22.1. The molecule has 0 radical (unpaired) electrons. The lowest BCUT2D eigenvalue weighted by Gasteiger charge is -2.64. The van der Waals surface area contributed by atoms with Gasteiger partial charge in [0.2, 0.25) is 0 Å². The number of hydrogen-bond acceptors (Lipinski definition) is 0. The average molecular weight is 1230 g/mol. The Morgan fingerprint density at radius 2 is 0.380 bits per heavy atom. The molecular weight excluding hydrogens is 1110 g/mol. The van der Waals surface area contributed by atoms with Gasteiger partial charge in [-0.15, -0.1) is 0 Å². The van der Waals surface area contributed by atoms with E-state index in [0.717, 1.165) is 0 Å². The SMILES string of the molecule is CCC1(CC)CCCC(CC)(CC)C12c1cc(C)ccc1-c1cc3c(cc12)-c1cc2cc4c(cc2cc1C31C(CC)(CC)CCCC1(CC)CC)-c1cc2c(cc1C41C(CC)(CC)CCCC1(CC)CC)-c1ccc(C)cc1C21C(CC)(CC)CCCC1(CC)CC. The van der Waals surface area contributed by atoms with Crippen molar-refractivity contribution in [2.75, 3.05) is 0 Å². The highest BCUT2D eigenvalue weighted by Crippen LogP contribution is 2.81. The summed E-state index contributed by atoms with van der Waals surface area (Å²) in [5, 5.41) is 3.00. The zero-order chi connectivity index (χ0) is 65.2. The fraction of sp³-hybridized carbons (Fsp3) is 0.630. The van der Waals surface area contributed by atoms with E-state index in [9.17, 15) is 0 Å². The molecule has 14 rings (SSSR count). The van der Waals surface area contributed by atoms with Crippen molar-refractivity contribution in [1.29, 1.82) is 0 Å². The van der Waals surface area contributed by atoms with E-state index in [2.05, 4.69) is 210 Å². The molecule has 0 aromatic heterocycles. The van der Waals surface area contributed by atoms with Crippen LogP contribution in [0.1, 0.15) is 346 Å². The van der Waals surface area contributed by atoms with Gasteiger partial charge in [-0.25, -0.2) is 0 Å². The maximum Gasteiger partial charge on any atom is 0.0327 e. The van der Waals surface area contributed by atoms with Crippen molar-refractivity contribution >= 4 is 10.8 Å². The highest BCUT2D eigenvalue weighted by atomic mass is 14.8. The van der Waals surface area contributed by atoms with Gasteiger partial charge in [0, 0.05) is 21.7 Å². The first-order valence-electron chi connectivity index (χ1n) is 39.6. The first-order chi connectivity index (χ1) is 44.4. The Bertz CT molecular complexity index is 3530. The number of fused-ring (bicyclic) bond motifs is 21. The predicted molar refractivity (Wildman–Crippen MR) is 398 cm³/mol. The van der Waals surface area contributed by atoms with Gasteiger partial charge < -0.3 is 0 Å². The Morgan fingerprint density at radius 3 is 0.587 bits per heavy atom. The molecule has 0 aliphatic heterocycles. The number of hydrogen-bond donors (Lipinski definition) is 0. The fourth-order valence-corrected chi connectivity index (χ4v) is 29.2. The average Bonchev–Trinajstić information content (AvgIpc) is 1.46. The molecule has 8 aliphatic carbocycles. The molecule has 6 aromatic carbocycles. The molecule has 8 aliphatic rings. The largest absolute Gasteiger partial charge is 0.0648 e. The van der Waals surface area contributed by atoms with Crippen molar-refractivity contribution in [3.8, 4) is 44.5 Å². The van der Waals surface area contributed by atoms with Crippen molar-refractivity contribution in [2.45, 2.75) is 326 Å². The minimum atomic E-state index is -0.141. The van der Waals surface area contributed by atoms with Gasteiger partial charge in [-0.2, -0.15) is 0 Å². The van der Waals surface area contributed by atoms with Crippen molar-refractivity contribution in [2.24, 2.45) is 43.3 Å². The van der Waals surface area contributed by atoms with Crippen molar-refractivity contribution in [1.82, 2.24) is 0 Å². The van der Waals surface area contributed by atoms with E-state index in [1.807, 2.05) is 0 Å². The van der Waals surface area contributed by atoms with Gasteiger partial charge in [0.25, 0.3) is 0 Å². The summed E-state index contributed by atoms with van der Waals surface area (Å²) in [6.45, 7) is 46.6. The quantitative estimate of drug-likeness (QED) is 0.0906. The summed E-state index contributed by atoms with van der Waals surface area (Å²) in [4.78, 5) is 0. The first-order valence-corrected chi connectivity index (χ1v) is 39.6. The van der Waals surface area contributed by atoms with Gasteiger partial charge in [0.05, 0.1) is 0 Å². The molecule has 6 aromatic rings. The monoisotopic (exact) mass is 1230 g/mol. The van der Waals surface area contributed by atoms with Crippen LogP contribution in [0.15, 0.2) is 84.9 Å². The Balaban J connectivity index is 1.16. The highest BCUT2D eigenvalue weighted by molar-refractivity contribution is 6.02. The zero-order valence-electron chi connectivity index (χ0n) is 61.9. The van der Waals surface area contributed by atoms with Crippen LogP contribution in [0, 0.1) is 57.2 Å². The Labute approximate surface area is 561 Å². The van der Waals surface area contributed by atoms with Gasteiger partial charge in [0.1, 0.15) is 0 Å². The first kappa shape index (κ1) is 64.9. The van der Waals surface area contributed by atoms with E-state index < -0.39 is 0 Å². The van der Waals surface area contributed by atoms with Crippen LogP contribution in [0.5, 0.6) is 0 Å². The number of rotatable bonds is 16. The predicted octanol–water partition coefficient (Wildman–Crippen LogP) is 27.7. The molecule has 0 atom stereocenters. The number of benzene rings is 6. The lowest BCUT2D eigenvalue weighted by Crippen LogP contribution is -2.59.